The van der Waals surface area contributed by atoms with E-state index in [1.54, 1.807) is 15.8 Å². The second-order valence-electron chi connectivity index (χ2n) is 5.17. The number of ether oxygens (including phenoxy) is 1. The molecule has 2 aromatic rings. The van der Waals surface area contributed by atoms with E-state index in [4.69, 9.17) is 4.74 Å². The van der Waals surface area contributed by atoms with Crippen molar-refractivity contribution in [1.82, 2.24) is 20.3 Å². The number of amides is 1. The number of aromatic nitrogens is 3. The lowest BCUT2D eigenvalue weighted by atomic mass is 10.2. The summed E-state index contributed by atoms with van der Waals surface area (Å²) < 4.78 is 7.33. The fraction of sp³-hybridized carbons (Fsp3) is 0.357. The van der Waals surface area contributed by atoms with E-state index in [2.05, 4.69) is 15.6 Å². The molecular formula is C14H15N5O2. The fourth-order valence-corrected chi connectivity index (χ4v) is 2.53. The topological polar surface area (TPSA) is 72.3 Å². The molecule has 21 heavy (non-hydrogen) atoms. The van der Waals surface area contributed by atoms with E-state index in [0.717, 1.165) is 24.5 Å². The van der Waals surface area contributed by atoms with Gasteiger partial charge in [0, 0.05) is 13.1 Å². The molecule has 0 spiro atoms. The molecule has 3 heterocycles. The molecule has 7 heteroatoms. The van der Waals surface area contributed by atoms with Gasteiger partial charge in [-0.15, -0.1) is 5.10 Å². The van der Waals surface area contributed by atoms with Gasteiger partial charge in [-0.05, 0) is 12.1 Å². The van der Waals surface area contributed by atoms with Crippen molar-refractivity contribution in [3.63, 3.8) is 0 Å². The number of hydrogen-bond acceptors (Lipinski definition) is 5. The van der Waals surface area contributed by atoms with Gasteiger partial charge in [0.2, 0.25) is 0 Å². The fourth-order valence-electron chi connectivity index (χ4n) is 2.53. The average molecular weight is 285 g/mol. The Morgan fingerprint density at radius 3 is 3.00 bits per heavy atom. The van der Waals surface area contributed by atoms with E-state index in [9.17, 15) is 4.79 Å². The second-order valence-corrected chi connectivity index (χ2v) is 5.17. The molecule has 0 saturated carbocycles. The lowest BCUT2D eigenvalue weighted by Gasteiger charge is -2.28. The SMILES string of the molecule is O=C(c1cn(C2CNC2)nn1)N1CCOc2ccccc21. The molecule has 2 aliphatic rings. The summed E-state index contributed by atoms with van der Waals surface area (Å²) in [5.74, 6) is 0.594. The van der Waals surface area contributed by atoms with Crippen molar-refractivity contribution < 1.29 is 9.53 Å². The monoisotopic (exact) mass is 285 g/mol. The minimum atomic E-state index is -0.135. The standard InChI is InChI=1S/C14H15N5O2/c20-14(11-9-19(17-16-11)10-7-15-8-10)18-5-6-21-13-4-2-1-3-12(13)18/h1-4,9-10,15H,5-8H2. The molecule has 1 aromatic heterocycles. The molecule has 1 N–H and O–H groups in total. The third kappa shape index (κ3) is 2.06. The number of nitrogens with one attached hydrogen (secondary N) is 1. The van der Waals surface area contributed by atoms with Gasteiger partial charge in [0.05, 0.1) is 24.5 Å². The highest BCUT2D eigenvalue weighted by Gasteiger charge is 2.28. The summed E-state index contributed by atoms with van der Waals surface area (Å²) in [6, 6.07) is 7.84. The van der Waals surface area contributed by atoms with Crippen molar-refractivity contribution in [3.8, 4) is 5.75 Å². The number of anilines is 1. The maximum absolute atomic E-state index is 12.6. The van der Waals surface area contributed by atoms with E-state index in [1.165, 1.54) is 0 Å². The van der Waals surface area contributed by atoms with E-state index < -0.39 is 0 Å². The van der Waals surface area contributed by atoms with Crippen LogP contribution in [0.1, 0.15) is 16.5 Å². The molecule has 0 aliphatic carbocycles. The number of carbonyl (C=O) groups excluding carboxylic acids is 1. The second kappa shape index (κ2) is 4.85. The Morgan fingerprint density at radius 2 is 2.19 bits per heavy atom. The van der Waals surface area contributed by atoms with Gasteiger partial charge >= 0.3 is 0 Å². The van der Waals surface area contributed by atoms with Gasteiger partial charge in [-0.3, -0.25) is 9.69 Å². The first-order chi connectivity index (χ1) is 10.3. The summed E-state index contributed by atoms with van der Waals surface area (Å²) in [6.07, 6.45) is 1.73. The van der Waals surface area contributed by atoms with Crippen molar-refractivity contribution in [2.75, 3.05) is 31.1 Å². The normalized spacial score (nSPS) is 17.8. The Labute approximate surface area is 121 Å². The predicted molar refractivity (Wildman–Crippen MR) is 75.5 cm³/mol. The van der Waals surface area contributed by atoms with Gasteiger partial charge < -0.3 is 10.1 Å². The number of hydrogen-bond donors (Lipinski definition) is 1. The van der Waals surface area contributed by atoms with Crippen LogP contribution >= 0.6 is 0 Å². The number of fused-ring (bicyclic) bond motifs is 1. The highest BCUT2D eigenvalue weighted by Crippen LogP contribution is 2.31. The molecule has 0 atom stereocenters. The molecule has 1 fully saturated rings. The van der Waals surface area contributed by atoms with Crippen LogP contribution in [0.25, 0.3) is 0 Å². The number of nitrogens with zero attached hydrogens (tertiary/aromatic N) is 4. The molecule has 0 radical (unpaired) electrons. The van der Waals surface area contributed by atoms with Crippen LogP contribution in [0, 0.1) is 0 Å². The zero-order valence-electron chi connectivity index (χ0n) is 11.4. The maximum Gasteiger partial charge on any atom is 0.280 e. The summed E-state index contributed by atoms with van der Waals surface area (Å²) in [7, 11) is 0. The van der Waals surface area contributed by atoms with Crippen LogP contribution in [0.2, 0.25) is 0 Å². The number of rotatable bonds is 2. The first-order valence-corrected chi connectivity index (χ1v) is 6.99. The third-order valence-corrected chi connectivity index (χ3v) is 3.84. The molecule has 1 saturated heterocycles. The average Bonchev–Trinajstić information content (AvgIpc) is 2.93. The molecule has 7 nitrogen and oxygen atoms in total. The van der Waals surface area contributed by atoms with E-state index >= 15 is 0 Å². The van der Waals surface area contributed by atoms with Crippen LogP contribution < -0.4 is 15.0 Å². The van der Waals surface area contributed by atoms with Crippen LogP contribution in [0.4, 0.5) is 5.69 Å². The van der Waals surface area contributed by atoms with Crippen LogP contribution in [0.5, 0.6) is 5.75 Å². The Kier molecular flexibility index (Phi) is 2.85. The van der Waals surface area contributed by atoms with E-state index in [0.29, 0.717) is 24.9 Å². The molecule has 4 rings (SSSR count). The van der Waals surface area contributed by atoms with Gasteiger partial charge in [0.1, 0.15) is 12.4 Å². The first kappa shape index (κ1) is 12.3. The largest absolute Gasteiger partial charge is 0.490 e. The lowest BCUT2D eigenvalue weighted by molar-refractivity contribution is 0.0971. The molecule has 2 aliphatic heterocycles. The predicted octanol–water partition coefficient (Wildman–Crippen LogP) is 0.462. The molecule has 1 aromatic carbocycles. The zero-order valence-corrected chi connectivity index (χ0v) is 11.4. The summed E-state index contributed by atoms with van der Waals surface area (Å²) in [6.45, 7) is 2.76. The Hall–Kier alpha value is -2.41. The first-order valence-electron chi connectivity index (χ1n) is 6.99. The van der Waals surface area contributed by atoms with Gasteiger partial charge in [-0.25, -0.2) is 4.68 Å². The van der Waals surface area contributed by atoms with Crippen LogP contribution in [0.15, 0.2) is 30.5 Å². The highest BCUT2D eigenvalue weighted by molar-refractivity contribution is 6.05. The summed E-state index contributed by atoms with van der Waals surface area (Å²) in [5, 5.41) is 11.3. The summed E-state index contributed by atoms with van der Waals surface area (Å²) >= 11 is 0. The highest BCUT2D eigenvalue weighted by atomic mass is 16.5. The van der Waals surface area contributed by atoms with Crippen LogP contribution in [-0.2, 0) is 0 Å². The van der Waals surface area contributed by atoms with Gasteiger partial charge in [0.15, 0.2) is 5.69 Å². The number of benzene rings is 1. The van der Waals surface area contributed by atoms with Crippen molar-refractivity contribution in [1.29, 1.82) is 0 Å². The molecule has 0 bridgehead atoms. The van der Waals surface area contributed by atoms with Crippen LogP contribution in [0.3, 0.4) is 0 Å². The Balaban J connectivity index is 1.61. The summed E-state index contributed by atoms with van der Waals surface area (Å²) in [4.78, 5) is 14.3. The van der Waals surface area contributed by atoms with Crippen molar-refractivity contribution >= 4 is 11.6 Å². The quantitative estimate of drug-likeness (QED) is 0.868. The van der Waals surface area contributed by atoms with Crippen molar-refractivity contribution in [3.05, 3.63) is 36.2 Å². The van der Waals surface area contributed by atoms with Gasteiger partial charge in [0.25, 0.3) is 5.91 Å². The Morgan fingerprint density at radius 1 is 1.33 bits per heavy atom. The Bertz CT molecular complexity index is 680. The molecular weight excluding hydrogens is 270 g/mol. The van der Waals surface area contributed by atoms with E-state index in [1.807, 2.05) is 24.3 Å². The maximum atomic E-state index is 12.6. The zero-order chi connectivity index (χ0) is 14.2. The number of carbonyl (C=O) groups is 1. The third-order valence-electron chi connectivity index (χ3n) is 3.84. The minimum absolute atomic E-state index is 0.135. The van der Waals surface area contributed by atoms with Crippen LogP contribution in [-0.4, -0.2) is 47.1 Å². The smallest absolute Gasteiger partial charge is 0.280 e. The molecule has 1 amide bonds. The van der Waals surface area contributed by atoms with Gasteiger partial charge in [-0.2, -0.15) is 0 Å². The lowest BCUT2D eigenvalue weighted by Crippen LogP contribution is -2.43. The molecule has 108 valence electrons. The summed E-state index contributed by atoms with van der Waals surface area (Å²) in [5.41, 5.74) is 1.16. The van der Waals surface area contributed by atoms with E-state index in [-0.39, 0.29) is 5.91 Å². The van der Waals surface area contributed by atoms with Gasteiger partial charge in [-0.1, -0.05) is 17.3 Å². The van der Waals surface area contributed by atoms with Crippen molar-refractivity contribution in [2.45, 2.75) is 6.04 Å². The number of para-hydroxylation sites is 2. The van der Waals surface area contributed by atoms with Crippen molar-refractivity contribution in [2.24, 2.45) is 0 Å². The minimum Gasteiger partial charge on any atom is -0.490 e. The molecule has 0 unspecified atom stereocenters.